The Hall–Kier alpha value is -4.78. The van der Waals surface area contributed by atoms with Gasteiger partial charge in [0.1, 0.15) is 11.5 Å². The average molecular weight is 519 g/mol. The van der Waals surface area contributed by atoms with Crippen molar-refractivity contribution in [3.8, 4) is 22.4 Å². The molecule has 6 nitrogen and oxygen atoms in total. The zero-order valence-corrected chi connectivity index (χ0v) is 21.4. The molecule has 1 saturated carbocycles. The number of carbonyl (C=O) groups is 2. The normalized spacial score (nSPS) is 14.0. The molecule has 39 heavy (non-hydrogen) atoms. The van der Waals surface area contributed by atoms with Crippen LogP contribution in [0.15, 0.2) is 97.2 Å². The van der Waals surface area contributed by atoms with E-state index in [0.717, 1.165) is 36.0 Å². The minimum atomic E-state index is -0.359. The van der Waals surface area contributed by atoms with Gasteiger partial charge in [0.2, 0.25) is 0 Å². The summed E-state index contributed by atoms with van der Waals surface area (Å²) in [7, 11) is 1.57. The van der Waals surface area contributed by atoms with Crippen LogP contribution in [0.2, 0.25) is 0 Å². The third-order valence-electron chi connectivity index (χ3n) is 7.55. The van der Waals surface area contributed by atoms with E-state index in [1.165, 1.54) is 12.1 Å². The molecule has 0 aliphatic heterocycles. The highest BCUT2D eigenvalue weighted by atomic mass is 19.1. The van der Waals surface area contributed by atoms with Crippen LogP contribution in [0.1, 0.15) is 45.5 Å². The Balaban J connectivity index is 1.36. The topological polar surface area (TPSA) is 75.5 Å². The van der Waals surface area contributed by atoms with Crippen molar-refractivity contribution in [3.05, 3.63) is 120 Å². The van der Waals surface area contributed by atoms with Crippen LogP contribution < -0.4 is 10.6 Å². The van der Waals surface area contributed by atoms with Gasteiger partial charge in [0.15, 0.2) is 0 Å². The first-order valence-corrected chi connectivity index (χ1v) is 13.0. The molecule has 7 heteroatoms. The average Bonchev–Trinajstić information content (AvgIpc) is 3.34. The van der Waals surface area contributed by atoms with Crippen LogP contribution in [0.3, 0.4) is 0 Å². The van der Waals surface area contributed by atoms with Gasteiger partial charge in [0.05, 0.1) is 16.6 Å². The van der Waals surface area contributed by atoms with Gasteiger partial charge < -0.3 is 10.6 Å². The number of aromatic nitrogens is 2. The number of carbonyl (C=O) groups excluding carboxylic acids is 2. The third kappa shape index (κ3) is 4.46. The molecular weight excluding hydrogens is 491 g/mol. The first-order valence-electron chi connectivity index (χ1n) is 13.0. The molecule has 2 amide bonds. The monoisotopic (exact) mass is 518 g/mol. The molecule has 194 valence electrons. The number of rotatable bonds is 6. The van der Waals surface area contributed by atoms with Crippen LogP contribution in [0.4, 0.5) is 4.39 Å². The van der Waals surface area contributed by atoms with Crippen molar-refractivity contribution >= 4 is 17.3 Å². The van der Waals surface area contributed by atoms with E-state index in [2.05, 4.69) is 27.9 Å². The number of benzene rings is 3. The van der Waals surface area contributed by atoms with Crippen LogP contribution >= 0.6 is 0 Å². The second-order valence-corrected chi connectivity index (χ2v) is 9.89. The van der Waals surface area contributed by atoms with Crippen molar-refractivity contribution in [1.82, 2.24) is 20.2 Å². The van der Waals surface area contributed by atoms with E-state index in [4.69, 9.17) is 0 Å². The minimum Gasteiger partial charge on any atom is -0.355 e. The third-order valence-corrected chi connectivity index (χ3v) is 7.55. The van der Waals surface area contributed by atoms with E-state index in [0.29, 0.717) is 27.9 Å². The van der Waals surface area contributed by atoms with Crippen LogP contribution in [-0.4, -0.2) is 28.5 Å². The molecular formula is C32H27FN4O2. The van der Waals surface area contributed by atoms with Crippen molar-refractivity contribution in [2.75, 3.05) is 7.05 Å². The molecule has 0 unspecified atom stereocenters. The first-order chi connectivity index (χ1) is 19.0. The zero-order valence-electron chi connectivity index (χ0n) is 21.4. The van der Waals surface area contributed by atoms with Gasteiger partial charge in [-0.1, -0.05) is 42.5 Å². The molecule has 0 saturated heterocycles. The molecule has 0 atom stereocenters. The molecule has 2 heterocycles. The standard InChI is InChI=1S/C32H27FN4O2/c1-34-31(39)28-27-20-23(15-18-37(27)36-29(28)21-11-13-26(33)14-12-21)22-7-5-8-24(19-22)30(38)35-32(16-6-17-32)25-9-3-2-4-10-25/h2-5,7-15,18-20H,6,16-17H2,1H3,(H,34,39)(H,35,38). The molecule has 6 rings (SSSR count). The molecule has 1 aliphatic rings. The molecule has 3 aromatic carbocycles. The Morgan fingerprint density at radius 2 is 1.59 bits per heavy atom. The molecule has 2 N–H and O–H groups in total. The second-order valence-electron chi connectivity index (χ2n) is 9.89. The largest absolute Gasteiger partial charge is 0.355 e. The highest BCUT2D eigenvalue weighted by Gasteiger charge is 2.40. The number of nitrogens with one attached hydrogen (secondary N) is 2. The lowest BCUT2D eigenvalue weighted by atomic mass is 9.71. The zero-order chi connectivity index (χ0) is 27.0. The van der Waals surface area contributed by atoms with Gasteiger partial charge >= 0.3 is 0 Å². The lowest BCUT2D eigenvalue weighted by Crippen LogP contribution is -2.50. The molecule has 0 bridgehead atoms. The predicted octanol–water partition coefficient (Wildman–Crippen LogP) is 5.98. The summed E-state index contributed by atoms with van der Waals surface area (Å²) in [5, 5.41) is 10.6. The highest BCUT2D eigenvalue weighted by molar-refractivity contribution is 6.07. The number of hydrogen-bond donors (Lipinski definition) is 2. The Labute approximate surface area is 225 Å². The number of nitrogens with zero attached hydrogens (tertiary/aromatic N) is 2. The van der Waals surface area contributed by atoms with Gasteiger partial charge in [-0.25, -0.2) is 8.91 Å². The van der Waals surface area contributed by atoms with Gasteiger partial charge in [-0.3, -0.25) is 9.59 Å². The van der Waals surface area contributed by atoms with E-state index < -0.39 is 0 Å². The fourth-order valence-electron chi connectivity index (χ4n) is 5.29. The Morgan fingerprint density at radius 3 is 2.28 bits per heavy atom. The van der Waals surface area contributed by atoms with E-state index in [-0.39, 0.29) is 23.2 Å². The van der Waals surface area contributed by atoms with Crippen molar-refractivity contribution in [3.63, 3.8) is 0 Å². The van der Waals surface area contributed by atoms with Crippen molar-refractivity contribution in [2.24, 2.45) is 0 Å². The Kier molecular flexibility index (Phi) is 6.19. The van der Waals surface area contributed by atoms with Crippen LogP contribution in [0, 0.1) is 5.82 Å². The van der Waals surface area contributed by atoms with Crippen molar-refractivity contribution < 1.29 is 14.0 Å². The maximum Gasteiger partial charge on any atom is 0.255 e. The van der Waals surface area contributed by atoms with Gasteiger partial charge in [-0.15, -0.1) is 0 Å². The van der Waals surface area contributed by atoms with Crippen LogP contribution in [0.25, 0.3) is 27.9 Å². The highest BCUT2D eigenvalue weighted by Crippen LogP contribution is 2.41. The number of amides is 2. The summed E-state index contributed by atoms with van der Waals surface area (Å²) in [6.45, 7) is 0. The van der Waals surface area contributed by atoms with Crippen molar-refractivity contribution in [2.45, 2.75) is 24.8 Å². The van der Waals surface area contributed by atoms with Crippen molar-refractivity contribution in [1.29, 1.82) is 0 Å². The number of hydrogen-bond acceptors (Lipinski definition) is 3. The van der Waals surface area contributed by atoms with Gasteiger partial charge in [-0.05, 0) is 84.5 Å². The summed E-state index contributed by atoms with van der Waals surface area (Å²) < 4.78 is 15.2. The molecule has 1 fully saturated rings. The Bertz CT molecular complexity index is 1690. The Morgan fingerprint density at radius 1 is 0.846 bits per heavy atom. The smallest absolute Gasteiger partial charge is 0.255 e. The summed E-state index contributed by atoms with van der Waals surface area (Å²) in [5.74, 6) is -0.765. The van der Waals surface area contributed by atoms with E-state index in [1.807, 2.05) is 54.6 Å². The summed E-state index contributed by atoms with van der Waals surface area (Å²) in [4.78, 5) is 26.3. The number of pyridine rings is 1. The predicted molar refractivity (Wildman–Crippen MR) is 149 cm³/mol. The van der Waals surface area contributed by atoms with Gasteiger partial charge in [0, 0.05) is 24.4 Å². The number of halogens is 1. The van der Waals surface area contributed by atoms with E-state index in [9.17, 15) is 14.0 Å². The molecule has 0 radical (unpaired) electrons. The first kappa shape index (κ1) is 24.6. The lowest BCUT2D eigenvalue weighted by molar-refractivity contribution is 0.0823. The van der Waals surface area contributed by atoms with E-state index >= 15 is 0 Å². The summed E-state index contributed by atoms with van der Waals surface area (Å²) in [6.07, 6.45) is 4.70. The van der Waals surface area contributed by atoms with Gasteiger partial charge in [0.25, 0.3) is 11.8 Å². The molecule has 5 aromatic rings. The van der Waals surface area contributed by atoms with Gasteiger partial charge in [-0.2, -0.15) is 5.10 Å². The lowest BCUT2D eigenvalue weighted by Gasteiger charge is -2.43. The summed E-state index contributed by atoms with van der Waals surface area (Å²) in [6, 6.07) is 27.3. The molecule has 2 aromatic heterocycles. The summed E-state index contributed by atoms with van der Waals surface area (Å²) >= 11 is 0. The molecule has 1 aliphatic carbocycles. The maximum absolute atomic E-state index is 13.5. The minimum absolute atomic E-state index is 0.115. The molecule has 0 spiro atoms. The summed E-state index contributed by atoms with van der Waals surface area (Å²) in [5.41, 5.74) is 5.17. The second kappa shape index (κ2) is 9.83. The van der Waals surface area contributed by atoms with Crippen LogP contribution in [-0.2, 0) is 5.54 Å². The van der Waals surface area contributed by atoms with E-state index in [1.54, 1.807) is 29.9 Å². The maximum atomic E-state index is 13.5. The fourth-order valence-corrected chi connectivity index (χ4v) is 5.29. The SMILES string of the molecule is CNC(=O)c1c(-c2ccc(F)cc2)nn2ccc(-c3cccc(C(=O)NC4(c5ccccc5)CCC4)c3)cc12. The fraction of sp³-hybridized carbons (Fsp3) is 0.156. The van der Waals surface area contributed by atoms with Crippen LogP contribution in [0.5, 0.6) is 0 Å². The quantitative estimate of drug-likeness (QED) is 0.291. The number of fused-ring (bicyclic) bond motifs is 1.